The molecular weight excluding hydrogens is 196 g/mol. The van der Waals surface area contributed by atoms with Crippen LogP contribution in [0.25, 0.3) is 0 Å². The second-order valence-corrected chi connectivity index (χ2v) is 6.10. The Morgan fingerprint density at radius 1 is 1.12 bits per heavy atom. The van der Waals surface area contributed by atoms with Crippen LogP contribution in [0.15, 0.2) is 0 Å². The Kier molecular flexibility index (Phi) is 5.77. The molecule has 2 nitrogen and oxygen atoms in total. The number of hydrogen-bond donors (Lipinski definition) is 1. The van der Waals surface area contributed by atoms with Crippen LogP contribution < -0.4 is 5.32 Å². The summed E-state index contributed by atoms with van der Waals surface area (Å²) in [4.78, 5) is 2.65. The van der Waals surface area contributed by atoms with Gasteiger partial charge in [0.25, 0.3) is 0 Å². The fraction of sp³-hybridized carbons (Fsp3) is 1.00. The van der Waals surface area contributed by atoms with Crippen molar-refractivity contribution in [1.29, 1.82) is 0 Å². The molecule has 0 aromatic rings. The number of hydrogen-bond acceptors (Lipinski definition) is 2. The van der Waals surface area contributed by atoms with Gasteiger partial charge in [-0.25, -0.2) is 0 Å². The van der Waals surface area contributed by atoms with Gasteiger partial charge in [0.1, 0.15) is 0 Å². The molecule has 0 bridgehead atoms. The Balaban J connectivity index is 2.44. The van der Waals surface area contributed by atoms with Crippen LogP contribution in [0.4, 0.5) is 0 Å². The standard InChI is InChI=1S/C14H30N2/c1-11(2)14(12(3)4)10-16-8-6-13(5)15-7-9-16/h11-15H,6-10H2,1-5H3. The first-order valence-electron chi connectivity index (χ1n) is 6.96. The van der Waals surface area contributed by atoms with Gasteiger partial charge in [-0.05, 0) is 37.6 Å². The van der Waals surface area contributed by atoms with Crippen LogP contribution in [0.3, 0.4) is 0 Å². The van der Waals surface area contributed by atoms with Gasteiger partial charge in [-0.2, -0.15) is 0 Å². The Morgan fingerprint density at radius 2 is 1.75 bits per heavy atom. The minimum atomic E-state index is 0.696. The third-order valence-corrected chi connectivity index (χ3v) is 3.98. The molecule has 1 aliphatic heterocycles. The minimum Gasteiger partial charge on any atom is -0.313 e. The van der Waals surface area contributed by atoms with Crippen molar-refractivity contribution in [1.82, 2.24) is 10.2 Å². The first-order valence-corrected chi connectivity index (χ1v) is 6.96. The van der Waals surface area contributed by atoms with Crippen molar-refractivity contribution in [2.24, 2.45) is 17.8 Å². The van der Waals surface area contributed by atoms with Crippen LogP contribution in [0, 0.1) is 17.8 Å². The maximum Gasteiger partial charge on any atom is 0.0107 e. The average molecular weight is 226 g/mol. The lowest BCUT2D eigenvalue weighted by Crippen LogP contribution is -2.36. The van der Waals surface area contributed by atoms with Gasteiger partial charge in [0, 0.05) is 25.7 Å². The number of rotatable bonds is 4. The molecule has 1 N–H and O–H groups in total. The van der Waals surface area contributed by atoms with E-state index < -0.39 is 0 Å². The van der Waals surface area contributed by atoms with E-state index in [9.17, 15) is 0 Å². The summed E-state index contributed by atoms with van der Waals surface area (Å²) in [6.45, 7) is 16.7. The second kappa shape index (κ2) is 6.61. The molecule has 1 unspecified atom stereocenters. The zero-order valence-corrected chi connectivity index (χ0v) is 11.8. The predicted octanol–water partition coefficient (Wildman–Crippen LogP) is 2.60. The first-order chi connectivity index (χ1) is 7.50. The molecule has 1 aliphatic rings. The van der Waals surface area contributed by atoms with E-state index in [0.717, 1.165) is 24.3 Å². The molecule has 0 spiro atoms. The van der Waals surface area contributed by atoms with Crippen LogP contribution in [-0.2, 0) is 0 Å². The molecule has 2 heteroatoms. The molecule has 1 saturated heterocycles. The molecule has 0 amide bonds. The van der Waals surface area contributed by atoms with Gasteiger partial charge in [0.05, 0.1) is 0 Å². The van der Waals surface area contributed by atoms with E-state index in [2.05, 4.69) is 44.8 Å². The zero-order chi connectivity index (χ0) is 12.1. The van der Waals surface area contributed by atoms with E-state index in [1.807, 2.05) is 0 Å². The third kappa shape index (κ3) is 4.42. The molecule has 0 aromatic heterocycles. The van der Waals surface area contributed by atoms with Gasteiger partial charge in [-0.15, -0.1) is 0 Å². The lowest BCUT2D eigenvalue weighted by molar-refractivity contribution is 0.172. The summed E-state index contributed by atoms with van der Waals surface area (Å²) in [5.74, 6) is 2.44. The summed E-state index contributed by atoms with van der Waals surface area (Å²) < 4.78 is 0. The van der Waals surface area contributed by atoms with E-state index in [1.54, 1.807) is 0 Å². The van der Waals surface area contributed by atoms with Crippen molar-refractivity contribution in [3.8, 4) is 0 Å². The molecule has 0 radical (unpaired) electrons. The van der Waals surface area contributed by atoms with Gasteiger partial charge in [0.2, 0.25) is 0 Å². The fourth-order valence-corrected chi connectivity index (χ4v) is 2.73. The highest BCUT2D eigenvalue weighted by Crippen LogP contribution is 2.22. The summed E-state index contributed by atoms with van der Waals surface area (Å²) in [6, 6.07) is 0.696. The Morgan fingerprint density at radius 3 is 2.31 bits per heavy atom. The van der Waals surface area contributed by atoms with Crippen molar-refractivity contribution in [3.63, 3.8) is 0 Å². The van der Waals surface area contributed by atoms with E-state index in [0.29, 0.717) is 6.04 Å². The number of nitrogens with one attached hydrogen (secondary N) is 1. The van der Waals surface area contributed by atoms with E-state index >= 15 is 0 Å². The minimum absolute atomic E-state index is 0.696. The molecule has 0 aliphatic carbocycles. The van der Waals surface area contributed by atoms with Crippen LogP contribution in [0.2, 0.25) is 0 Å². The molecule has 1 rings (SSSR count). The summed E-state index contributed by atoms with van der Waals surface area (Å²) in [5.41, 5.74) is 0. The summed E-state index contributed by atoms with van der Waals surface area (Å²) >= 11 is 0. The maximum atomic E-state index is 3.56. The highest BCUT2D eigenvalue weighted by atomic mass is 15.2. The molecule has 0 saturated carbocycles. The Bertz CT molecular complexity index is 181. The van der Waals surface area contributed by atoms with Crippen molar-refractivity contribution in [2.45, 2.75) is 47.1 Å². The first kappa shape index (κ1) is 14.0. The van der Waals surface area contributed by atoms with Crippen LogP contribution in [0.5, 0.6) is 0 Å². The van der Waals surface area contributed by atoms with Crippen molar-refractivity contribution >= 4 is 0 Å². The lowest BCUT2D eigenvalue weighted by atomic mass is 9.85. The van der Waals surface area contributed by atoms with Crippen molar-refractivity contribution < 1.29 is 0 Å². The zero-order valence-electron chi connectivity index (χ0n) is 11.8. The van der Waals surface area contributed by atoms with Crippen LogP contribution in [-0.4, -0.2) is 37.1 Å². The smallest absolute Gasteiger partial charge is 0.0107 e. The Hall–Kier alpha value is -0.0800. The van der Waals surface area contributed by atoms with E-state index in [1.165, 1.54) is 26.1 Å². The summed E-state index contributed by atoms with van der Waals surface area (Å²) in [5, 5.41) is 3.56. The normalized spacial score (nSPS) is 24.4. The monoisotopic (exact) mass is 226 g/mol. The molecule has 1 atom stereocenters. The summed E-state index contributed by atoms with van der Waals surface area (Å²) in [7, 11) is 0. The molecule has 0 aromatic carbocycles. The number of nitrogens with zero attached hydrogens (tertiary/aromatic N) is 1. The van der Waals surface area contributed by atoms with Crippen molar-refractivity contribution in [3.05, 3.63) is 0 Å². The second-order valence-electron chi connectivity index (χ2n) is 6.10. The average Bonchev–Trinajstić information content (AvgIpc) is 2.38. The molecule has 96 valence electrons. The topological polar surface area (TPSA) is 15.3 Å². The third-order valence-electron chi connectivity index (χ3n) is 3.98. The molecule has 1 heterocycles. The van der Waals surface area contributed by atoms with Gasteiger partial charge >= 0.3 is 0 Å². The molecule has 1 fully saturated rings. The van der Waals surface area contributed by atoms with Crippen molar-refractivity contribution in [2.75, 3.05) is 26.2 Å². The van der Waals surface area contributed by atoms with Crippen LogP contribution in [0.1, 0.15) is 41.0 Å². The highest BCUT2D eigenvalue weighted by Gasteiger charge is 2.22. The lowest BCUT2D eigenvalue weighted by Gasteiger charge is -2.31. The van der Waals surface area contributed by atoms with Gasteiger partial charge in [0.15, 0.2) is 0 Å². The Labute approximate surface area is 102 Å². The van der Waals surface area contributed by atoms with Gasteiger partial charge in [-0.1, -0.05) is 27.7 Å². The fourth-order valence-electron chi connectivity index (χ4n) is 2.73. The highest BCUT2D eigenvalue weighted by molar-refractivity contribution is 4.76. The summed E-state index contributed by atoms with van der Waals surface area (Å²) in [6.07, 6.45) is 1.29. The predicted molar refractivity (Wildman–Crippen MR) is 71.7 cm³/mol. The molecule has 16 heavy (non-hydrogen) atoms. The van der Waals surface area contributed by atoms with E-state index in [-0.39, 0.29) is 0 Å². The quantitative estimate of drug-likeness (QED) is 0.792. The van der Waals surface area contributed by atoms with Gasteiger partial charge in [-0.3, -0.25) is 0 Å². The largest absolute Gasteiger partial charge is 0.313 e. The molecular formula is C14H30N2. The SMILES string of the molecule is CC1CCN(CC(C(C)C)C(C)C)CCN1. The maximum absolute atomic E-state index is 3.56. The van der Waals surface area contributed by atoms with Crippen LogP contribution >= 0.6 is 0 Å². The van der Waals surface area contributed by atoms with Gasteiger partial charge < -0.3 is 10.2 Å². The van der Waals surface area contributed by atoms with E-state index in [4.69, 9.17) is 0 Å².